The largest absolute Gasteiger partial charge is 0.321 e. The highest BCUT2D eigenvalue weighted by molar-refractivity contribution is 5.94. The monoisotopic (exact) mass is 253 g/mol. The minimum absolute atomic E-state index is 0.0113. The number of ketones is 1. The van der Waals surface area contributed by atoms with Crippen LogP contribution in [0.5, 0.6) is 0 Å². The number of hydrogen-bond donors (Lipinski definition) is 1. The van der Waals surface area contributed by atoms with Gasteiger partial charge >= 0.3 is 0 Å². The Hall–Kier alpha value is -1.29. The van der Waals surface area contributed by atoms with Crippen LogP contribution < -0.4 is 5.73 Å². The Kier molecular flexibility index (Phi) is 3.23. The van der Waals surface area contributed by atoms with Crippen molar-refractivity contribution < 1.29 is 13.6 Å². The topological polar surface area (TPSA) is 43.1 Å². The normalized spacial score (nSPS) is 21.6. The van der Waals surface area contributed by atoms with Crippen molar-refractivity contribution in [2.75, 3.05) is 0 Å². The van der Waals surface area contributed by atoms with E-state index in [0.29, 0.717) is 5.56 Å². The van der Waals surface area contributed by atoms with E-state index in [1.54, 1.807) is 24.3 Å². The molecule has 1 aromatic carbocycles. The molecule has 2 N–H and O–H groups in total. The van der Waals surface area contributed by atoms with Crippen molar-refractivity contribution >= 4 is 5.78 Å². The molecule has 98 valence electrons. The molecule has 0 amide bonds. The molecule has 0 spiro atoms. The summed E-state index contributed by atoms with van der Waals surface area (Å²) in [5.41, 5.74) is 6.98. The van der Waals surface area contributed by atoms with Crippen LogP contribution >= 0.6 is 0 Å². The van der Waals surface area contributed by atoms with Gasteiger partial charge in [-0.3, -0.25) is 4.79 Å². The minimum Gasteiger partial charge on any atom is -0.321 e. The molecule has 1 saturated carbocycles. The maximum absolute atomic E-state index is 13.1. The minimum atomic E-state index is -2.58. The molecule has 18 heavy (non-hydrogen) atoms. The first kappa shape index (κ1) is 13.1. The summed E-state index contributed by atoms with van der Waals surface area (Å²) in [6, 6.07) is 6.97. The van der Waals surface area contributed by atoms with Gasteiger partial charge in [0.1, 0.15) is 0 Å². The van der Waals surface area contributed by atoms with Gasteiger partial charge in [0.2, 0.25) is 5.92 Å². The maximum atomic E-state index is 13.1. The van der Waals surface area contributed by atoms with Crippen molar-refractivity contribution in [3.63, 3.8) is 0 Å². The average Bonchev–Trinajstić information content (AvgIpc) is 2.34. The fourth-order valence-electron chi connectivity index (χ4n) is 2.39. The van der Waals surface area contributed by atoms with Crippen LogP contribution in [0.2, 0.25) is 0 Å². The molecule has 0 unspecified atom stereocenters. The first-order valence-electron chi connectivity index (χ1n) is 6.11. The van der Waals surface area contributed by atoms with Crippen molar-refractivity contribution in [2.45, 2.75) is 44.1 Å². The van der Waals surface area contributed by atoms with Crippen molar-refractivity contribution in [1.29, 1.82) is 0 Å². The number of carbonyl (C=O) groups excluding carboxylic acids is 1. The molecule has 0 aliphatic heterocycles. The molecule has 0 heterocycles. The smallest absolute Gasteiger partial charge is 0.248 e. The molecule has 1 aliphatic rings. The summed E-state index contributed by atoms with van der Waals surface area (Å²) in [7, 11) is 0. The lowest BCUT2D eigenvalue weighted by molar-refractivity contribution is -0.0514. The molecule has 2 nitrogen and oxygen atoms in total. The summed E-state index contributed by atoms with van der Waals surface area (Å²) in [5.74, 6) is -2.59. The first-order valence-corrected chi connectivity index (χ1v) is 6.11. The standard InChI is InChI=1S/C14H17F2NO/c1-10(18)11-2-4-12(5-3-11)13(17)6-8-14(15,16)9-7-13/h2-5H,6-9,17H2,1H3. The van der Waals surface area contributed by atoms with Crippen molar-refractivity contribution in [2.24, 2.45) is 5.73 Å². The number of alkyl halides is 2. The molecule has 1 aromatic rings. The number of carbonyl (C=O) groups is 1. The molecule has 1 fully saturated rings. The van der Waals surface area contributed by atoms with E-state index < -0.39 is 11.5 Å². The lowest BCUT2D eigenvalue weighted by Gasteiger charge is -2.37. The third-order valence-corrected chi connectivity index (χ3v) is 3.74. The van der Waals surface area contributed by atoms with Crippen LogP contribution in [0.25, 0.3) is 0 Å². The second-order valence-electron chi connectivity index (χ2n) is 5.15. The van der Waals surface area contributed by atoms with E-state index in [4.69, 9.17) is 5.73 Å². The highest BCUT2D eigenvalue weighted by atomic mass is 19.3. The SMILES string of the molecule is CC(=O)c1ccc(C2(N)CCC(F)(F)CC2)cc1. The molecule has 0 radical (unpaired) electrons. The van der Waals surface area contributed by atoms with Crippen LogP contribution in [0, 0.1) is 0 Å². The third kappa shape index (κ3) is 2.58. The second-order valence-corrected chi connectivity index (χ2v) is 5.15. The molecule has 0 aromatic heterocycles. The summed E-state index contributed by atoms with van der Waals surface area (Å²) in [4.78, 5) is 11.2. The summed E-state index contributed by atoms with van der Waals surface area (Å²) in [5, 5.41) is 0. The van der Waals surface area contributed by atoms with Gasteiger partial charge in [-0.25, -0.2) is 8.78 Å². The number of Topliss-reactive ketones (excluding diaryl/α,β-unsaturated/α-hetero) is 1. The Morgan fingerprint density at radius 2 is 1.61 bits per heavy atom. The fourth-order valence-corrected chi connectivity index (χ4v) is 2.39. The zero-order valence-electron chi connectivity index (χ0n) is 10.4. The van der Waals surface area contributed by atoms with E-state index >= 15 is 0 Å². The van der Waals surface area contributed by atoms with Crippen LogP contribution in [0.15, 0.2) is 24.3 Å². The van der Waals surface area contributed by atoms with Gasteiger partial charge in [-0.05, 0) is 25.3 Å². The van der Waals surface area contributed by atoms with Gasteiger partial charge in [0.05, 0.1) is 0 Å². The Bertz CT molecular complexity index is 443. The number of nitrogens with two attached hydrogens (primary N) is 1. The predicted molar refractivity (Wildman–Crippen MR) is 65.7 cm³/mol. The van der Waals surface area contributed by atoms with Crippen LogP contribution in [-0.2, 0) is 5.54 Å². The second kappa shape index (κ2) is 4.43. The van der Waals surface area contributed by atoms with Crippen LogP contribution in [-0.4, -0.2) is 11.7 Å². The van der Waals surface area contributed by atoms with Gasteiger partial charge in [-0.1, -0.05) is 24.3 Å². The average molecular weight is 253 g/mol. The first-order chi connectivity index (χ1) is 8.32. The zero-order valence-corrected chi connectivity index (χ0v) is 10.4. The Morgan fingerprint density at radius 3 is 2.06 bits per heavy atom. The molecular formula is C14H17F2NO. The third-order valence-electron chi connectivity index (χ3n) is 3.74. The molecular weight excluding hydrogens is 236 g/mol. The number of halogens is 2. The van der Waals surface area contributed by atoms with Crippen LogP contribution in [0.3, 0.4) is 0 Å². The quantitative estimate of drug-likeness (QED) is 0.822. The van der Waals surface area contributed by atoms with Gasteiger partial charge in [-0.2, -0.15) is 0 Å². The molecule has 0 saturated heterocycles. The fraction of sp³-hybridized carbons (Fsp3) is 0.500. The van der Waals surface area contributed by atoms with Gasteiger partial charge in [0, 0.05) is 23.9 Å². The summed E-state index contributed by atoms with van der Waals surface area (Å²) < 4.78 is 26.3. The predicted octanol–water partition coefficient (Wildman–Crippen LogP) is 3.25. The van der Waals surface area contributed by atoms with E-state index in [-0.39, 0.29) is 31.5 Å². The number of rotatable bonds is 2. The van der Waals surface area contributed by atoms with E-state index in [9.17, 15) is 13.6 Å². The van der Waals surface area contributed by atoms with E-state index in [1.165, 1.54) is 6.92 Å². The highest BCUT2D eigenvalue weighted by Crippen LogP contribution is 2.42. The summed E-state index contributed by atoms with van der Waals surface area (Å²) in [6.07, 6.45) is 0.217. The zero-order chi connectivity index (χ0) is 13.4. The van der Waals surface area contributed by atoms with Crippen LogP contribution in [0.4, 0.5) is 8.78 Å². The lowest BCUT2D eigenvalue weighted by Crippen LogP contribution is -2.43. The van der Waals surface area contributed by atoms with Gasteiger partial charge < -0.3 is 5.73 Å². The Morgan fingerprint density at radius 1 is 1.11 bits per heavy atom. The lowest BCUT2D eigenvalue weighted by atomic mass is 9.76. The van der Waals surface area contributed by atoms with E-state index in [2.05, 4.69) is 0 Å². The maximum Gasteiger partial charge on any atom is 0.248 e. The van der Waals surface area contributed by atoms with Gasteiger partial charge in [0.15, 0.2) is 5.78 Å². The number of benzene rings is 1. The Balaban J connectivity index is 2.18. The molecule has 4 heteroatoms. The molecule has 1 aliphatic carbocycles. The van der Waals surface area contributed by atoms with Gasteiger partial charge in [-0.15, -0.1) is 0 Å². The molecule has 2 rings (SSSR count). The summed E-state index contributed by atoms with van der Waals surface area (Å²) >= 11 is 0. The molecule has 0 bridgehead atoms. The van der Waals surface area contributed by atoms with E-state index in [0.717, 1.165) is 5.56 Å². The summed E-state index contributed by atoms with van der Waals surface area (Å²) in [6.45, 7) is 1.49. The van der Waals surface area contributed by atoms with E-state index in [1.807, 2.05) is 0 Å². The van der Waals surface area contributed by atoms with Crippen molar-refractivity contribution in [1.82, 2.24) is 0 Å². The number of hydrogen-bond acceptors (Lipinski definition) is 2. The highest BCUT2D eigenvalue weighted by Gasteiger charge is 2.41. The molecule has 0 atom stereocenters. The van der Waals surface area contributed by atoms with Crippen molar-refractivity contribution in [3.05, 3.63) is 35.4 Å². The van der Waals surface area contributed by atoms with Crippen molar-refractivity contribution in [3.8, 4) is 0 Å². The Labute approximate surface area is 105 Å². The van der Waals surface area contributed by atoms with Gasteiger partial charge in [0.25, 0.3) is 0 Å². The van der Waals surface area contributed by atoms with Crippen LogP contribution in [0.1, 0.15) is 48.5 Å².